The quantitative estimate of drug-likeness (QED) is 0.597. The number of nitrogens with zero attached hydrogens (tertiary/aromatic N) is 2. The van der Waals surface area contributed by atoms with Crippen LogP contribution in [0.2, 0.25) is 0 Å². The molecule has 25 heavy (non-hydrogen) atoms. The highest BCUT2D eigenvalue weighted by Crippen LogP contribution is 2.32. The Kier molecular flexibility index (Phi) is 5.89. The summed E-state index contributed by atoms with van der Waals surface area (Å²) in [6.07, 6.45) is 1.85. The number of carbonyl (C=O) groups excluding carboxylic acids is 1. The second-order valence-corrected chi connectivity index (χ2v) is 6.15. The lowest BCUT2D eigenvalue weighted by Crippen LogP contribution is -2.42. The van der Waals surface area contributed by atoms with Gasteiger partial charge in [-0.2, -0.15) is 0 Å². The number of nitro benzene ring substituents is 1. The van der Waals surface area contributed by atoms with Crippen molar-refractivity contribution < 1.29 is 24.0 Å². The molecule has 2 rings (SSSR count). The molecule has 1 saturated heterocycles. The summed E-state index contributed by atoms with van der Waals surface area (Å²) >= 11 is 0. The van der Waals surface area contributed by atoms with Crippen LogP contribution < -0.4 is 10.2 Å². The molecule has 0 radical (unpaired) electrons. The van der Waals surface area contributed by atoms with E-state index < -0.39 is 29.5 Å². The van der Waals surface area contributed by atoms with E-state index in [1.807, 2.05) is 10.2 Å². The predicted octanol–water partition coefficient (Wildman–Crippen LogP) is 1.98. The van der Waals surface area contributed by atoms with Crippen LogP contribution in [0.3, 0.4) is 0 Å². The molecular formula is C16H20FN3O5. The number of halogens is 1. The van der Waals surface area contributed by atoms with Crippen molar-refractivity contribution in [2.45, 2.75) is 25.8 Å². The van der Waals surface area contributed by atoms with Crippen molar-refractivity contribution in [2.75, 3.05) is 24.7 Å². The van der Waals surface area contributed by atoms with Gasteiger partial charge < -0.3 is 15.3 Å². The fourth-order valence-electron chi connectivity index (χ4n) is 2.74. The number of anilines is 1. The maximum absolute atomic E-state index is 12.6. The Bertz CT molecular complexity index is 674. The molecule has 136 valence electrons. The minimum absolute atomic E-state index is 0.0828. The zero-order chi connectivity index (χ0) is 18.6. The number of rotatable bonds is 6. The van der Waals surface area contributed by atoms with Gasteiger partial charge in [0.2, 0.25) is 0 Å². The van der Waals surface area contributed by atoms with E-state index in [0.717, 1.165) is 18.9 Å². The minimum Gasteiger partial charge on any atom is -0.480 e. The summed E-state index contributed by atoms with van der Waals surface area (Å²) < 4.78 is 12.6. The largest absolute Gasteiger partial charge is 0.480 e. The number of nitro groups is 1. The van der Waals surface area contributed by atoms with Gasteiger partial charge in [0.1, 0.15) is 12.4 Å². The molecule has 1 aromatic rings. The van der Waals surface area contributed by atoms with Gasteiger partial charge in [-0.25, -0.2) is 9.18 Å². The van der Waals surface area contributed by atoms with Crippen molar-refractivity contribution in [3.63, 3.8) is 0 Å². The number of carboxylic acid groups (broad SMARTS) is 1. The summed E-state index contributed by atoms with van der Waals surface area (Å²) in [5.41, 5.74) is 0.114. The second-order valence-electron chi connectivity index (χ2n) is 6.15. The number of aliphatic carboxylic acids is 1. The van der Waals surface area contributed by atoms with E-state index in [1.165, 1.54) is 12.1 Å². The van der Waals surface area contributed by atoms with Crippen molar-refractivity contribution >= 4 is 23.3 Å². The van der Waals surface area contributed by atoms with Crippen molar-refractivity contribution in [3.05, 3.63) is 33.9 Å². The van der Waals surface area contributed by atoms with Crippen LogP contribution in [0.5, 0.6) is 0 Å². The van der Waals surface area contributed by atoms with Gasteiger partial charge in [-0.1, -0.05) is 6.92 Å². The number of benzene rings is 1. The molecule has 0 saturated carbocycles. The van der Waals surface area contributed by atoms with Gasteiger partial charge in [0, 0.05) is 24.7 Å². The maximum Gasteiger partial charge on any atom is 0.328 e. The molecule has 8 nitrogen and oxygen atoms in total. The number of hydrogen-bond acceptors (Lipinski definition) is 5. The Morgan fingerprint density at radius 2 is 2.08 bits per heavy atom. The van der Waals surface area contributed by atoms with Crippen LogP contribution in [0.25, 0.3) is 0 Å². The standard InChI is InChI=1S/C16H20FN3O5/c1-10-4-6-19(7-5-10)13-3-2-11(8-14(13)20(24)25)15(21)18-12(9-17)16(22)23/h2-3,8,10,12H,4-7,9H2,1H3,(H,18,21)(H,22,23). The first-order valence-electron chi connectivity index (χ1n) is 7.96. The molecule has 1 unspecified atom stereocenters. The third kappa shape index (κ3) is 4.43. The Hall–Kier alpha value is -2.71. The topological polar surface area (TPSA) is 113 Å². The maximum atomic E-state index is 12.6. The number of amides is 1. The van der Waals surface area contributed by atoms with Gasteiger partial charge in [0.25, 0.3) is 11.6 Å². The first kappa shape index (κ1) is 18.6. The highest BCUT2D eigenvalue weighted by Gasteiger charge is 2.26. The average molecular weight is 353 g/mol. The molecule has 1 fully saturated rings. The number of piperidine rings is 1. The molecule has 1 amide bonds. The summed E-state index contributed by atoms with van der Waals surface area (Å²) in [6.45, 7) is 2.24. The van der Waals surface area contributed by atoms with Crippen LogP contribution in [0.15, 0.2) is 18.2 Å². The Labute approximate surface area is 143 Å². The van der Waals surface area contributed by atoms with Crippen LogP contribution in [-0.4, -0.2) is 47.7 Å². The van der Waals surface area contributed by atoms with Crippen LogP contribution in [0.4, 0.5) is 15.8 Å². The van der Waals surface area contributed by atoms with Gasteiger partial charge in [0.15, 0.2) is 6.04 Å². The van der Waals surface area contributed by atoms with E-state index >= 15 is 0 Å². The van der Waals surface area contributed by atoms with Gasteiger partial charge in [-0.3, -0.25) is 14.9 Å². The van der Waals surface area contributed by atoms with Gasteiger partial charge in [-0.15, -0.1) is 0 Å². The Balaban J connectivity index is 2.24. The smallest absolute Gasteiger partial charge is 0.328 e. The normalized spacial score (nSPS) is 16.3. The lowest BCUT2D eigenvalue weighted by molar-refractivity contribution is -0.384. The number of alkyl halides is 1. The third-order valence-corrected chi connectivity index (χ3v) is 4.32. The molecule has 0 aliphatic carbocycles. The van der Waals surface area contributed by atoms with E-state index in [0.29, 0.717) is 24.7 Å². The van der Waals surface area contributed by atoms with Crippen LogP contribution in [0, 0.1) is 16.0 Å². The predicted molar refractivity (Wildman–Crippen MR) is 88.6 cm³/mol. The summed E-state index contributed by atoms with van der Waals surface area (Å²) in [5, 5.41) is 22.2. The van der Waals surface area contributed by atoms with Crippen molar-refractivity contribution in [1.29, 1.82) is 0 Å². The Morgan fingerprint density at radius 1 is 1.44 bits per heavy atom. The van der Waals surface area contributed by atoms with Crippen molar-refractivity contribution in [1.82, 2.24) is 5.32 Å². The van der Waals surface area contributed by atoms with Crippen LogP contribution in [-0.2, 0) is 4.79 Å². The van der Waals surface area contributed by atoms with Gasteiger partial charge >= 0.3 is 5.97 Å². The molecule has 2 N–H and O–H groups in total. The van der Waals surface area contributed by atoms with Gasteiger partial charge in [0.05, 0.1) is 4.92 Å². The highest BCUT2D eigenvalue weighted by atomic mass is 19.1. The van der Waals surface area contributed by atoms with Crippen molar-refractivity contribution in [2.24, 2.45) is 5.92 Å². The number of carboxylic acids is 1. The van der Waals surface area contributed by atoms with E-state index in [-0.39, 0.29) is 11.3 Å². The molecule has 1 aromatic carbocycles. The first-order valence-corrected chi connectivity index (χ1v) is 7.96. The molecule has 9 heteroatoms. The monoisotopic (exact) mass is 353 g/mol. The number of hydrogen-bond donors (Lipinski definition) is 2. The Morgan fingerprint density at radius 3 is 2.60 bits per heavy atom. The van der Waals surface area contributed by atoms with Crippen molar-refractivity contribution in [3.8, 4) is 0 Å². The number of carbonyl (C=O) groups is 2. The fourth-order valence-corrected chi connectivity index (χ4v) is 2.74. The summed E-state index contributed by atoms with van der Waals surface area (Å²) in [4.78, 5) is 35.5. The van der Waals surface area contributed by atoms with E-state index in [1.54, 1.807) is 0 Å². The molecular weight excluding hydrogens is 333 g/mol. The van der Waals surface area contributed by atoms with E-state index in [4.69, 9.17) is 5.11 Å². The lowest BCUT2D eigenvalue weighted by atomic mass is 9.98. The first-order chi connectivity index (χ1) is 11.8. The molecule has 1 atom stereocenters. The summed E-state index contributed by atoms with van der Waals surface area (Å²) in [7, 11) is 0. The van der Waals surface area contributed by atoms with E-state index in [9.17, 15) is 24.1 Å². The third-order valence-electron chi connectivity index (χ3n) is 4.32. The zero-order valence-electron chi connectivity index (χ0n) is 13.8. The molecule has 0 bridgehead atoms. The molecule has 1 aliphatic rings. The fraction of sp³-hybridized carbons (Fsp3) is 0.500. The molecule has 0 spiro atoms. The summed E-state index contributed by atoms with van der Waals surface area (Å²) in [5.74, 6) is -1.81. The van der Waals surface area contributed by atoms with Gasteiger partial charge in [-0.05, 0) is 30.9 Å². The highest BCUT2D eigenvalue weighted by molar-refractivity contribution is 5.97. The van der Waals surface area contributed by atoms with Crippen LogP contribution in [0.1, 0.15) is 30.1 Å². The lowest BCUT2D eigenvalue weighted by Gasteiger charge is -2.31. The number of nitrogens with one attached hydrogen (secondary N) is 1. The zero-order valence-corrected chi connectivity index (χ0v) is 13.8. The SMILES string of the molecule is CC1CCN(c2ccc(C(=O)NC(CF)C(=O)O)cc2[N+](=O)[O-])CC1. The second kappa shape index (κ2) is 7.91. The molecule has 1 aliphatic heterocycles. The van der Waals surface area contributed by atoms with Crippen LogP contribution >= 0.6 is 0 Å². The summed E-state index contributed by atoms with van der Waals surface area (Å²) in [6, 6.07) is 2.27. The molecule has 0 aromatic heterocycles. The van der Waals surface area contributed by atoms with E-state index in [2.05, 4.69) is 6.92 Å². The molecule has 1 heterocycles. The average Bonchev–Trinajstić information content (AvgIpc) is 2.59. The minimum atomic E-state index is -1.69.